The van der Waals surface area contributed by atoms with Gasteiger partial charge >= 0.3 is 5.97 Å². The quantitative estimate of drug-likeness (QED) is 0.875. The molecule has 1 aliphatic rings. The Balaban J connectivity index is 1.67. The van der Waals surface area contributed by atoms with Gasteiger partial charge in [0.05, 0.1) is 18.4 Å². The van der Waals surface area contributed by atoms with E-state index in [2.05, 4.69) is 23.1 Å². The van der Waals surface area contributed by atoms with Gasteiger partial charge in [0.15, 0.2) is 0 Å². The molecule has 1 aliphatic heterocycles. The maximum absolute atomic E-state index is 11.2. The number of nitrogens with zero attached hydrogens (tertiary/aromatic N) is 1. The zero-order chi connectivity index (χ0) is 16.8. The second-order valence-corrected chi connectivity index (χ2v) is 6.26. The lowest BCUT2D eigenvalue weighted by Gasteiger charge is -2.30. The smallest absolute Gasteiger partial charge is 0.307 e. The van der Waals surface area contributed by atoms with Crippen LogP contribution in [-0.2, 0) is 4.79 Å². The van der Waals surface area contributed by atoms with Gasteiger partial charge in [0, 0.05) is 18.7 Å². The minimum Gasteiger partial charge on any atom is -0.481 e. The Morgan fingerprint density at radius 2 is 2.08 bits per heavy atom. The number of carboxylic acids is 1. The number of likely N-dealkylation sites (tertiary alicyclic amines) is 1. The molecule has 4 heteroatoms. The number of hydrogen-bond donors (Lipinski definition) is 1. The van der Waals surface area contributed by atoms with Crippen LogP contribution in [0.4, 0.5) is 0 Å². The largest absolute Gasteiger partial charge is 0.481 e. The van der Waals surface area contributed by atoms with Gasteiger partial charge in [-0.3, -0.25) is 4.79 Å². The molecular formula is C20H23NO3. The zero-order valence-electron chi connectivity index (χ0n) is 13.7. The van der Waals surface area contributed by atoms with Crippen molar-refractivity contribution < 1.29 is 14.3 Å². The van der Waals surface area contributed by atoms with Gasteiger partial charge in [0.2, 0.25) is 0 Å². The predicted octanol–water partition coefficient (Wildman–Crippen LogP) is 3.90. The van der Waals surface area contributed by atoms with E-state index in [1.807, 2.05) is 24.3 Å². The van der Waals surface area contributed by atoms with E-state index in [1.165, 1.54) is 5.56 Å². The molecule has 0 radical (unpaired) electrons. The van der Waals surface area contributed by atoms with Crippen LogP contribution in [0.2, 0.25) is 0 Å². The summed E-state index contributed by atoms with van der Waals surface area (Å²) in [6.45, 7) is 2.54. The van der Waals surface area contributed by atoms with Crippen LogP contribution in [0.3, 0.4) is 0 Å². The highest BCUT2D eigenvalue weighted by molar-refractivity contribution is 5.79. The molecular weight excluding hydrogens is 302 g/mol. The lowest BCUT2D eigenvalue weighted by Crippen LogP contribution is -2.39. The van der Waals surface area contributed by atoms with Gasteiger partial charge in [-0.05, 0) is 43.0 Å². The van der Waals surface area contributed by atoms with Crippen molar-refractivity contribution in [2.24, 2.45) is 5.92 Å². The van der Waals surface area contributed by atoms with Gasteiger partial charge in [-0.1, -0.05) is 36.4 Å². The molecule has 3 rings (SSSR count). The molecule has 4 nitrogen and oxygen atoms in total. The van der Waals surface area contributed by atoms with Crippen molar-refractivity contribution in [3.05, 3.63) is 66.1 Å². The molecule has 0 amide bonds. The molecule has 0 saturated carbocycles. The van der Waals surface area contributed by atoms with E-state index in [0.29, 0.717) is 6.54 Å². The first-order valence-electron chi connectivity index (χ1n) is 8.47. The Labute approximate surface area is 142 Å². The van der Waals surface area contributed by atoms with Gasteiger partial charge in [-0.25, -0.2) is 0 Å². The summed E-state index contributed by atoms with van der Waals surface area (Å²) in [4.78, 5) is 13.4. The summed E-state index contributed by atoms with van der Waals surface area (Å²) in [6, 6.07) is 12.2. The number of benzene rings is 1. The topological polar surface area (TPSA) is 53.7 Å². The summed E-state index contributed by atoms with van der Waals surface area (Å²) in [6.07, 6.45) is 8.33. The molecule has 24 heavy (non-hydrogen) atoms. The number of rotatable bonds is 6. The lowest BCUT2D eigenvalue weighted by atomic mass is 9.97. The van der Waals surface area contributed by atoms with Crippen LogP contribution in [0, 0.1) is 5.92 Å². The Morgan fingerprint density at radius 3 is 2.79 bits per heavy atom. The molecule has 0 aliphatic carbocycles. The Kier molecular flexibility index (Phi) is 5.49. The van der Waals surface area contributed by atoms with Crippen molar-refractivity contribution in [2.45, 2.75) is 19.3 Å². The minimum absolute atomic E-state index is 0.217. The van der Waals surface area contributed by atoms with Gasteiger partial charge in [-0.15, -0.1) is 0 Å². The summed E-state index contributed by atoms with van der Waals surface area (Å²) in [5.41, 5.74) is 3.40. The van der Waals surface area contributed by atoms with Crippen LogP contribution in [0.5, 0.6) is 0 Å². The molecule has 1 N–H and O–H groups in total. The van der Waals surface area contributed by atoms with Gasteiger partial charge in [0.1, 0.15) is 0 Å². The number of furan rings is 1. The Morgan fingerprint density at radius 1 is 1.25 bits per heavy atom. The maximum atomic E-state index is 11.2. The van der Waals surface area contributed by atoms with Gasteiger partial charge in [0.25, 0.3) is 0 Å². The van der Waals surface area contributed by atoms with E-state index < -0.39 is 5.97 Å². The molecule has 0 spiro atoms. The summed E-state index contributed by atoms with van der Waals surface area (Å²) >= 11 is 0. The number of hydrogen-bond acceptors (Lipinski definition) is 3. The van der Waals surface area contributed by atoms with E-state index in [-0.39, 0.29) is 5.92 Å². The van der Waals surface area contributed by atoms with E-state index >= 15 is 0 Å². The van der Waals surface area contributed by atoms with Crippen LogP contribution in [0.25, 0.3) is 5.57 Å². The standard InChI is InChI=1S/C20H23NO3/c22-20(23)17-8-4-11-21(14-17)12-5-9-19(18-10-13-24-15-18)16-6-2-1-3-7-16/h1-3,6-7,9-10,13,15,17H,4-5,8,11-12,14H2,(H,22,23)/b19-9+. The summed E-state index contributed by atoms with van der Waals surface area (Å²) in [5, 5.41) is 9.19. The van der Waals surface area contributed by atoms with Gasteiger partial charge in [-0.2, -0.15) is 0 Å². The first-order chi connectivity index (χ1) is 11.7. The molecule has 2 heterocycles. The molecule has 126 valence electrons. The second kappa shape index (κ2) is 7.97. The van der Waals surface area contributed by atoms with Crippen LogP contribution in [0.1, 0.15) is 30.4 Å². The highest BCUT2D eigenvalue weighted by Gasteiger charge is 2.24. The molecule has 1 aromatic heterocycles. The second-order valence-electron chi connectivity index (χ2n) is 6.26. The monoisotopic (exact) mass is 325 g/mol. The van der Waals surface area contributed by atoms with Crippen LogP contribution < -0.4 is 0 Å². The Bertz CT molecular complexity index is 676. The third kappa shape index (κ3) is 4.15. The van der Waals surface area contributed by atoms with Crippen molar-refractivity contribution in [2.75, 3.05) is 19.6 Å². The molecule has 1 aromatic carbocycles. The molecule has 1 fully saturated rings. The van der Waals surface area contributed by atoms with Crippen molar-refractivity contribution >= 4 is 11.5 Å². The first kappa shape index (κ1) is 16.5. The summed E-state index contributed by atoms with van der Waals surface area (Å²) in [7, 11) is 0. The Hall–Kier alpha value is -2.33. The fourth-order valence-electron chi connectivity index (χ4n) is 3.29. The van der Waals surface area contributed by atoms with Crippen molar-refractivity contribution in [3.63, 3.8) is 0 Å². The number of aliphatic carboxylic acids is 1. The summed E-state index contributed by atoms with van der Waals surface area (Å²) in [5.74, 6) is -0.885. The van der Waals surface area contributed by atoms with Crippen LogP contribution in [0.15, 0.2) is 59.4 Å². The van der Waals surface area contributed by atoms with Crippen LogP contribution >= 0.6 is 0 Å². The molecule has 0 bridgehead atoms. The summed E-state index contributed by atoms with van der Waals surface area (Å²) < 4.78 is 5.24. The fraction of sp³-hybridized carbons (Fsp3) is 0.350. The molecule has 1 unspecified atom stereocenters. The van der Waals surface area contributed by atoms with Crippen molar-refractivity contribution in [3.8, 4) is 0 Å². The fourth-order valence-corrected chi connectivity index (χ4v) is 3.29. The van der Waals surface area contributed by atoms with Gasteiger partial charge < -0.3 is 14.4 Å². The normalized spacial score (nSPS) is 19.3. The van der Waals surface area contributed by atoms with E-state index in [4.69, 9.17) is 4.42 Å². The van der Waals surface area contributed by atoms with Crippen molar-refractivity contribution in [1.29, 1.82) is 0 Å². The highest BCUT2D eigenvalue weighted by atomic mass is 16.4. The molecule has 1 saturated heterocycles. The number of carboxylic acid groups (broad SMARTS) is 1. The average molecular weight is 325 g/mol. The van der Waals surface area contributed by atoms with Crippen molar-refractivity contribution in [1.82, 2.24) is 4.90 Å². The van der Waals surface area contributed by atoms with E-state index in [9.17, 15) is 9.90 Å². The molecule has 2 aromatic rings. The predicted molar refractivity (Wildman–Crippen MR) is 93.6 cm³/mol. The third-order valence-electron chi connectivity index (χ3n) is 4.57. The third-order valence-corrected chi connectivity index (χ3v) is 4.57. The van der Waals surface area contributed by atoms with E-state index in [1.54, 1.807) is 12.5 Å². The number of carbonyl (C=O) groups is 1. The highest BCUT2D eigenvalue weighted by Crippen LogP contribution is 2.24. The number of piperidine rings is 1. The lowest BCUT2D eigenvalue weighted by molar-refractivity contribution is -0.143. The SMILES string of the molecule is O=C(O)C1CCCN(CC/C=C(\c2ccccc2)c2ccoc2)C1. The zero-order valence-corrected chi connectivity index (χ0v) is 13.7. The van der Waals surface area contributed by atoms with Crippen LogP contribution in [-0.4, -0.2) is 35.6 Å². The van der Waals surface area contributed by atoms with E-state index in [0.717, 1.165) is 43.5 Å². The molecule has 1 atom stereocenters. The first-order valence-corrected chi connectivity index (χ1v) is 8.47. The average Bonchev–Trinajstić information content (AvgIpc) is 3.14. The maximum Gasteiger partial charge on any atom is 0.307 e. The minimum atomic E-state index is -0.668.